The first-order valence-electron chi connectivity index (χ1n) is 9.56. The molecule has 0 fully saturated rings. The third kappa shape index (κ3) is 3.75. The Morgan fingerprint density at radius 3 is 2.45 bits per heavy atom. The maximum absolute atomic E-state index is 13.2. The number of ether oxygens (including phenoxy) is 5. The normalized spacial score (nSPS) is 15.0. The molecule has 0 saturated carbocycles. The minimum atomic E-state index is -0.440. The van der Waals surface area contributed by atoms with E-state index in [0.717, 1.165) is 4.90 Å². The minimum Gasteiger partial charge on any atom is -0.493 e. The number of nitrogens with zero attached hydrogens (tertiary/aromatic N) is 1. The molecule has 0 spiro atoms. The molecule has 2 aliphatic heterocycles. The summed E-state index contributed by atoms with van der Waals surface area (Å²) in [4.78, 5) is 27.5. The predicted octanol–water partition coefficient (Wildman–Crippen LogP) is 2.27. The Morgan fingerprint density at radius 1 is 0.935 bits per heavy atom. The quantitative estimate of drug-likeness (QED) is 0.643. The molecule has 4 rings (SSSR count). The van der Waals surface area contributed by atoms with Crippen molar-refractivity contribution in [3.63, 3.8) is 0 Å². The number of methoxy groups -OCH3 is 3. The lowest BCUT2D eigenvalue weighted by atomic mass is 10.0. The van der Waals surface area contributed by atoms with Crippen molar-refractivity contribution < 1.29 is 33.3 Å². The van der Waals surface area contributed by atoms with E-state index in [1.165, 1.54) is 21.3 Å². The Labute approximate surface area is 179 Å². The van der Waals surface area contributed by atoms with Gasteiger partial charge < -0.3 is 29.0 Å². The molecule has 9 heteroatoms. The van der Waals surface area contributed by atoms with Crippen molar-refractivity contribution in [2.24, 2.45) is 0 Å². The summed E-state index contributed by atoms with van der Waals surface area (Å²) in [6.45, 7) is 0.506. The van der Waals surface area contributed by atoms with Gasteiger partial charge in [-0.25, -0.2) is 0 Å². The van der Waals surface area contributed by atoms with Crippen LogP contribution in [-0.4, -0.2) is 58.0 Å². The summed E-state index contributed by atoms with van der Waals surface area (Å²) in [7, 11) is 4.55. The molecule has 2 aromatic rings. The molecule has 2 aliphatic rings. The monoisotopic (exact) mass is 426 g/mol. The standard InChI is InChI=1S/C22H22N2O7/c1-27-9-8-24-21(25)19(13-4-6-15(28-2)17(10-13)29-3)20(22(24)26)23-14-5-7-16-18(11-14)31-12-30-16/h4-7,10-11,23H,8-9,12H2,1-3H3. The lowest BCUT2D eigenvalue weighted by molar-refractivity contribution is -0.137. The van der Waals surface area contributed by atoms with Gasteiger partial charge in [-0.15, -0.1) is 0 Å². The molecule has 31 heavy (non-hydrogen) atoms. The van der Waals surface area contributed by atoms with Crippen molar-refractivity contribution in [1.29, 1.82) is 0 Å². The van der Waals surface area contributed by atoms with Gasteiger partial charge in [0, 0.05) is 18.9 Å². The van der Waals surface area contributed by atoms with Crippen molar-refractivity contribution in [1.82, 2.24) is 4.90 Å². The molecule has 2 amide bonds. The molecule has 0 aromatic heterocycles. The zero-order valence-corrected chi connectivity index (χ0v) is 17.4. The second-order valence-electron chi connectivity index (χ2n) is 6.77. The first-order chi connectivity index (χ1) is 15.1. The van der Waals surface area contributed by atoms with Crippen LogP contribution in [0.5, 0.6) is 23.0 Å². The molecule has 0 bridgehead atoms. The first-order valence-corrected chi connectivity index (χ1v) is 9.56. The number of imide groups is 1. The molecule has 9 nitrogen and oxygen atoms in total. The van der Waals surface area contributed by atoms with Gasteiger partial charge in [0.15, 0.2) is 23.0 Å². The van der Waals surface area contributed by atoms with E-state index in [2.05, 4.69) is 5.32 Å². The van der Waals surface area contributed by atoms with Crippen LogP contribution in [0.1, 0.15) is 5.56 Å². The number of rotatable bonds is 8. The second kappa shape index (κ2) is 8.57. The van der Waals surface area contributed by atoms with Crippen LogP contribution in [0.15, 0.2) is 42.1 Å². The van der Waals surface area contributed by atoms with E-state index in [-0.39, 0.29) is 31.2 Å². The number of anilines is 1. The predicted molar refractivity (Wildman–Crippen MR) is 111 cm³/mol. The van der Waals surface area contributed by atoms with E-state index in [1.54, 1.807) is 36.4 Å². The fourth-order valence-electron chi connectivity index (χ4n) is 3.46. The fraction of sp³-hybridized carbons (Fsp3) is 0.273. The highest BCUT2D eigenvalue weighted by Gasteiger charge is 2.39. The van der Waals surface area contributed by atoms with Gasteiger partial charge in [0.2, 0.25) is 6.79 Å². The van der Waals surface area contributed by atoms with Gasteiger partial charge in [-0.2, -0.15) is 0 Å². The number of fused-ring (bicyclic) bond motifs is 1. The number of nitrogens with one attached hydrogen (secondary N) is 1. The van der Waals surface area contributed by atoms with Crippen LogP contribution in [0.4, 0.5) is 5.69 Å². The topological polar surface area (TPSA) is 95.6 Å². The van der Waals surface area contributed by atoms with Crippen LogP contribution in [0.25, 0.3) is 5.57 Å². The second-order valence-corrected chi connectivity index (χ2v) is 6.77. The molecule has 162 valence electrons. The van der Waals surface area contributed by atoms with Crippen molar-refractivity contribution in [3.8, 4) is 23.0 Å². The van der Waals surface area contributed by atoms with Crippen LogP contribution in [0.3, 0.4) is 0 Å². The van der Waals surface area contributed by atoms with Crippen LogP contribution < -0.4 is 24.3 Å². The van der Waals surface area contributed by atoms with Crippen LogP contribution in [0.2, 0.25) is 0 Å². The average molecular weight is 426 g/mol. The SMILES string of the molecule is COCCN1C(=O)C(Nc2ccc3c(c2)OCO3)=C(c2ccc(OC)c(OC)c2)C1=O. The highest BCUT2D eigenvalue weighted by molar-refractivity contribution is 6.36. The Balaban J connectivity index is 1.76. The average Bonchev–Trinajstić information content (AvgIpc) is 3.34. The van der Waals surface area contributed by atoms with Crippen molar-refractivity contribution in [2.75, 3.05) is 46.6 Å². The maximum atomic E-state index is 13.2. The van der Waals surface area contributed by atoms with Gasteiger partial charge in [-0.05, 0) is 29.8 Å². The Morgan fingerprint density at radius 2 is 1.71 bits per heavy atom. The summed E-state index contributed by atoms with van der Waals surface area (Å²) >= 11 is 0. The molecule has 0 aliphatic carbocycles. The summed E-state index contributed by atoms with van der Waals surface area (Å²) in [5, 5.41) is 3.09. The van der Waals surface area contributed by atoms with E-state index in [0.29, 0.717) is 34.2 Å². The molecule has 2 heterocycles. The van der Waals surface area contributed by atoms with Crippen LogP contribution >= 0.6 is 0 Å². The zero-order chi connectivity index (χ0) is 22.0. The molecule has 0 saturated heterocycles. The first kappa shape index (κ1) is 20.5. The lowest BCUT2D eigenvalue weighted by Crippen LogP contribution is -2.35. The number of amides is 2. The molecule has 2 aromatic carbocycles. The Hall–Kier alpha value is -3.72. The Kier molecular flexibility index (Phi) is 5.68. The third-order valence-electron chi connectivity index (χ3n) is 5.00. The summed E-state index contributed by atoms with van der Waals surface area (Å²) in [6.07, 6.45) is 0. The van der Waals surface area contributed by atoms with Crippen LogP contribution in [-0.2, 0) is 14.3 Å². The molecular weight excluding hydrogens is 404 g/mol. The lowest BCUT2D eigenvalue weighted by Gasteiger charge is -2.14. The third-order valence-corrected chi connectivity index (χ3v) is 5.00. The van der Waals surface area contributed by atoms with Crippen molar-refractivity contribution in [2.45, 2.75) is 0 Å². The number of hydrogen-bond donors (Lipinski definition) is 1. The molecule has 0 unspecified atom stereocenters. The highest BCUT2D eigenvalue weighted by atomic mass is 16.7. The summed E-state index contributed by atoms with van der Waals surface area (Å²) in [5.74, 6) is 1.29. The van der Waals surface area contributed by atoms with Gasteiger partial charge >= 0.3 is 0 Å². The molecular formula is C22H22N2O7. The number of carbonyl (C=O) groups is 2. The van der Waals surface area contributed by atoms with Gasteiger partial charge in [-0.3, -0.25) is 14.5 Å². The van der Waals surface area contributed by atoms with Crippen molar-refractivity contribution in [3.05, 3.63) is 47.7 Å². The minimum absolute atomic E-state index is 0.136. The van der Waals surface area contributed by atoms with E-state index < -0.39 is 11.8 Å². The summed E-state index contributed by atoms with van der Waals surface area (Å²) in [5.41, 5.74) is 1.51. The Bertz CT molecular complexity index is 1060. The van der Waals surface area contributed by atoms with Crippen LogP contribution in [0, 0.1) is 0 Å². The van der Waals surface area contributed by atoms with E-state index in [4.69, 9.17) is 23.7 Å². The molecule has 1 N–H and O–H groups in total. The number of benzene rings is 2. The smallest absolute Gasteiger partial charge is 0.278 e. The van der Waals surface area contributed by atoms with E-state index in [1.807, 2.05) is 0 Å². The number of hydrogen-bond acceptors (Lipinski definition) is 8. The number of carbonyl (C=O) groups excluding carboxylic acids is 2. The summed E-state index contributed by atoms with van der Waals surface area (Å²) < 4.78 is 26.4. The van der Waals surface area contributed by atoms with Gasteiger partial charge in [0.25, 0.3) is 11.8 Å². The van der Waals surface area contributed by atoms with E-state index in [9.17, 15) is 9.59 Å². The summed E-state index contributed by atoms with van der Waals surface area (Å²) in [6, 6.07) is 10.3. The highest BCUT2D eigenvalue weighted by Crippen LogP contribution is 2.38. The zero-order valence-electron chi connectivity index (χ0n) is 17.4. The van der Waals surface area contributed by atoms with Gasteiger partial charge in [0.05, 0.1) is 32.9 Å². The van der Waals surface area contributed by atoms with Crippen molar-refractivity contribution >= 4 is 23.1 Å². The van der Waals surface area contributed by atoms with Gasteiger partial charge in [-0.1, -0.05) is 6.07 Å². The molecule has 0 radical (unpaired) electrons. The van der Waals surface area contributed by atoms with E-state index >= 15 is 0 Å². The maximum Gasteiger partial charge on any atom is 0.278 e. The largest absolute Gasteiger partial charge is 0.493 e. The molecule has 0 atom stereocenters. The van der Waals surface area contributed by atoms with Gasteiger partial charge in [0.1, 0.15) is 5.70 Å². The fourth-order valence-corrected chi connectivity index (χ4v) is 3.46.